The number of imidazole rings is 1. The van der Waals surface area contributed by atoms with Gasteiger partial charge >= 0.3 is 5.69 Å². The third kappa shape index (κ3) is 3.12. The standard InChI is InChI=1S/C17H16FN5O2S2/c1-21-13-12(14(24)22(2)17(21)25)23(9-10-5-3-4-6-11(10)18)15(20-13)27-16-19-7-8-26-16/h3-6H,7-9H2,1-2H3. The Hall–Kier alpha value is -2.33. The second-order valence-electron chi connectivity index (χ2n) is 6.05. The maximum atomic E-state index is 14.2. The van der Waals surface area contributed by atoms with E-state index in [1.54, 1.807) is 41.6 Å². The van der Waals surface area contributed by atoms with Crippen LogP contribution in [0.5, 0.6) is 0 Å². The molecule has 0 bridgehead atoms. The number of nitrogens with zero attached hydrogens (tertiary/aromatic N) is 5. The number of rotatable bonds is 3. The van der Waals surface area contributed by atoms with Crippen LogP contribution >= 0.6 is 23.5 Å². The van der Waals surface area contributed by atoms with Crippen molar-refractivity contribution in [3.8, 4) is 0 Å². The summed E-state index contributed by atoms with van der Waals surface area (Å²) in [5.74, 6) is 0.542. The summed E-state index contributed by atoms with van der Waals surface area (Å²) in [6, 6.07) is 6.41. The summed E-state index contributed by atoms with van der Waals surface area (Å²) in [6.07, 6.45) is 0. The predicted octanol–water partition coefficient (Wildman–Crippen LogP) is 1.82. The van der Waals surface area contributed by atoms with E-state index in [1.165, 1.54) is 29.4 Å². The van der Waals surface area contributed by atoms with Gasteiger partial charge in [-0.25, -0.2) is 14.2 Å². The average Bonchev–Trinajstić information content (AvgIpc) is 3.29. The first kappa shape index (κ1) is 18.1. The molecule has 0 N–H and O–H groups in total. The van der Waals surface area contributed by atoms with Crippen LogP contribution in [0.3, 0.4) is 0 Å². The highest BCUT2D eigenvalue weighted by atomic mass is 32.2. The van der Waals surface area contributed by atoms with Crippen molar-refractivity contribution in [3.05, 3.63) is 56.5 Å². The maximum absolute atomic E-state index is 14.2. The molecule has 7 nitrogen and oxygen atoms in total. The molecule has 1 aliphatic heterocycles. The van der Waals surface area contributed by atoms with E-state index < -0.39 is 11.2 Å². The second kappa shape index (κ2) is 7.01. The number of hydrogen-bond donors (Lipinski definition) is 0. The van der Waals surface area contributed by atoms with Crippen molar-refractivity contribution in [1.82, 2.24) is 18.7 Å². The van der Waals surface area contributed by atoms with Crippen molar-refractivity contribution in [2.75, 3.05) is 12.3 Å². The summed E-state index contributed by atoms with van der Waals surface area (Å²) in [5, 5.41) is 0.514. The highest BCUT2D eigenvalue weighted by molar-refractivity contribution is 8.39. The number of fused-ring (bicyclic) bond motifs is 1. The molecule has 0 saturated carbocycles. The number of aromatic nitrogens is 4. The van der Waals surface area contributed by atoms with Crippen LogP contribution in [-0.4, -0.2) is 35.4 Å². The van der Waals surface area contributed by atoms with E-state index in [4.69, 9.17) is 0 Å². The van der Waals surface area contributed by atoms with Crippen LogP contribution < -0.4 is 11.2 Å². The maximum Gasteiger partial charge on any atom is 0.332 e. The number of halogens is 1. The lowest BCUT2D eigenvalue weighted by Gasteiger charge is -2.10. The van der Waals surface area contributed by atoms with E-state index >= 15 is 0 Å². The van der Waals surface area contributed by atoms with Gasteiger partial charge < -0.3 is 4.57 Å². The number of aliphatic imine (C=N–C) groups is 1. The van der Waals surface area contributed by atoms with Crippen LogP contribution in [0.15, 0.2) is 44.0 Å². The fourth-order valence-electron chi connectivity index (χ4n) is 2.90. The molecule has 3 aromatic rings. The molecule has 0 aliphatic carbocycles. The zero-order valence-electron chi connectivity index (χ0n) is 14.7. The Labute approximate surface area is 161 Å². The quantitative estimate of drug-likeness (QED) is 0.665. The molecule has 0 radical (unpaired) electrons. The lowest BCUT2D eigenvalue weighted by molar-refractivity contribution is 0.593. The van der Waals surface area contributed by atoms with E-state index in [0.717, 1.165) is 21.2 Å². The lowest BCUT2D eigenvalue weighted by atomic mass is 10.2. The van der Waals surface area contributed by atoms with Gasteiger partial charge in [-0.15, -0.1) is 0 Å². The lowest BCUT2D eigenvalue weighted by Crippen LogP contribution is -2.37. The Morgan fingerprint density at radius 3 is 2.70 bits per heavy atom. The third-order valence-electron chi connectivity index (χ3n) is 4.34. The van der Waals surface area contributed by atoms with Crippen molar-refractivity contribution >= 4 is 39.1 Å². The van der Waals surface area contributed by atoms with Crippen LogP contribution in [0.1, 0.15) is 5.56 Å². The Balaban J connectivity index is 1.96. The molecule has 0 unspecified atom stereocenters. The van der Waals surface area contributed by atoms with Crippen molar-refractivity contribution in [3.63, 3.8) is 0 Å². The summed E-state index contributed by atoms with van der Waals surface area (Å²) < 4.78 is 19.1. The van der Waals surface area contributed by atoms with Gasteiger partial charge in [0.2, 0.25) is 0 Å². The molecule has 3 heterocycles. The summed E-state index contributed by atoms with van der Waals surface area (Å²) in [7, 11) is 3.00. The number of benzene rings is 1. The molecule has 0 atom stereocenters. The van der Waals surface area contributed by atoms with Gasteiger partial charge in [0.15, 0.2) is 16.3 Å². The summed E-state index contributed by atoms with van der Waals surface area (Å²) in [5.41, 5.74) is 0.0898. The van der Waals surface area contributed by atoms with Gasteiger partial charge in [-0.05, 0) is 17.8 Å². The molecule has 1 aromatic carbocycles. The first-order valence-electron chi connectivity index (χ1n) is 8.22. The molecule has 10 heteroatoms. The Morgan fingerprint density at radius 2 is 2.00 bits per heavy atom. The van der Waals surface area contributed by atoms with Gasteiger partial charge in [0.1, 0.15) is 10.2 Å². The smallest absolute Gasteiger partial charge is 0.308 e. The topological polar surface area (TPSA) is 74.2 Å². The number of aryl methyl sites for hydroxylation is 1. The van der Waals surface area contributed by atoms with Gasteiger partial charge in [-0.2, -0.15) is 0 Å². The number of thioether (sulfide) groups is 2. The van der Waals surface area contributed by atoms with Crippen molar-refractivity contribution in [2.45, 2.75) is 11.7 Å². The van der Waals surface area contributed by atoms with Crippen LogP contribution in [0.2, 0.25) is 0 Å². The van der Waals surface area contributed by atoms with Gasteiger partial charge in [0.05, 0.1) is 13.1 Å². The fraction of sp³-hybridized carbons (Fsp3) is 0.294. The average molecular weight is 405 g/mol. The Morgan fingerprint density at radius 1 is 1.22 bits per heavy atom. The van der Waals surface area contributed by atoms with E-state index in [1.807, 2.05) is 0 Å². The molecule has 0 fully saturated rings. The minimum Gasteiger partial charge on any atom is -0.308 e. The van der Waals surface area contributed by atoms with E-state index in [2.05, 4.69) is 9.98 Å². The van der Waals surface area contributed by atoms with Gasteiger partial charge in [0.25, 0.3) is 5.56 Å². The van der Waals surface area contributed by atoms with E-state index in [0.29, 0.717) is 10.7 Å². The molecular weight excluding hydrogens is 389 g/mol. The van der Waals surface area contributed by atoms with Crippen LogP contribution in [0.4, 0.5) is 4.39 Å². The summed E-state index contributed by atoms with van der Waals surface area (Å²) in [4.78, 5) is 34.0. The van der Waals surface area contributed by atoms with E-state index in [9.17, 15) is 14.0 Å². The van der Waals surface area contributed by atoms with E-state index in [-0.39, 0.29) is 23.5 Å². The zero-order chi connectivity index (χ0) is 19.1. The first-order chi connectivity index (χ1) is 13.0. The largest absolute Gasteiger partial charge is 0.332 e. The molecule has 0 amide bonds. The molecule has 1 aliphatic rings. The minimum absolute atomic E-state index is 0.136. The highest BCUT2D eigenvalue weighted by Crippen LogP contribution is 2.30. The molecule has 2 aromatic heterocycles. The SMILES string of the molecule is Cn1c(=O)c2c(nc(SC3=NCCS3)n2Cc2ccccc2F)n(C)c1=O. The monoisotopic (exact) mass is 405 g/mol. The van der Waals surface area contributed by atoms with Crippen LogP contribution in [-0.2, 0) is 20.6 Å². The highest BCUT2D eigenvalue weighted by Gasteiger charge is 2.22. The van der Waals surface area contributed by atoms with Gasteiger partial charge in [-0.3, -0.25) is 18.9 Å². The van der Waals surface area contributed by atoms with Crippen LogP contribution in [0, 0.1) is 5.82 Å². The molecule has 0 spiro atoms. The van der Waals surface area contributed by atoms with Gasteiger partial charge in [-0.1, -0.05) is 30.0 Å². The van der Waals surface area contributed by atoms with Crippen molar-refractivity contribution in [2.24, 2.45) is 19.1 Å². The molecule has 140 valence electrons. The predicted molar refractivity (Wildman–Crippen MR) is 106 cm³/mol. The minimum atomic E-state index is -0.454. The molecule has 27 heavy (non-hydrogen) atoms. The fourth-order valence-corrected chi connectivity index (χ4v) is 4.86. The Bertz CT molecular complexity index is 1190. The van der Waals surface area contributed by atoms with Crippen molar-refractivity contribution < 1.29 is 4.39 Å². The normalized spacial score (nSPS) is 14.1. The first-order valence-corrected chi connectivity index (χ1v) is 10.0. The second-order valence-corrected chi connectivity index (χ2v) is 8.35. The molecule has 0 saturated heterocycles. The summed E-state index contributed by atoms with van der Waals surface area (Å²) in [6.45, 7) is 0.873. The van der Waals surface area contributed by atoms with Gasteiger partial charge in [0, 0.05) is 25.4 Å². The Kier molecular flexibility index (Phi) is 4.68. The molecular formula is C17H16FN5O2S2. The molecule has 4 rings (SSSR count). The third-order valence-corrected chi connectivity index (χ3v) is 6.50. The summed E-state index contributed by atoms with van der Waals surface area (Å²) >= 11 is 2.95. The number of hydrogen-bond acceptors (Lipinski definition) is 6. The van der Waals surface area contributed by atoms with Crippen molar-refractivity contribution in [1.29, 1.82) is 0 Å². The zero-order valence-corrected chi connectivity index (χ0v) is 16.3. The van der Waals surface area contributed by atoms with Crippen LogP contribution in [0.25, 0.3) is 11.2 Å².